The number of amides is 1. The summed E-state index contributed by atoms with van der Waals surface area (Å²) in [7, 11) is 0. The molecule has 0 spiro atoms. The predicted molar refractivity (Wildman–Crippen MR) is 73.7 cm³/mol. The van der Waals surface area contributed by atoms with Gasteiger partial charge in [-0.3, -0.25) is 4.79 Å². The Morgan fingerprint density at radius 3 is 2.75 bits per heavy atom. The van der Waals surface area contributed by atoms with Crippen molar-refractivity contribution in [3.63, 3.8) is 0 Å². The van der Waals surface area contributed by atoms with Crippen LogP contribution in [0, 0.1) is 17.1 Å². The fourth-order valence-corrected chi connectivity index (χ4v) is 1.78. The second kappa shape index (κ2) is 7.49. The quantitative estimate of drug-likeness (QED) is 0.870. The Balaban J connectivity index is 2.64. The highest BCUT2D eigenvalue weighted by Gasteiger charge is 2.18. The van der Waals surface area contributed by atoms with Crippen LogP contribution in [-0.2, 0) is 4.79 Å². The number of hydrogen-bond acceptors (Lipinski definition) is 3. The first-order valence-electron chi connectivity index (χ1n) is 6.64. The van der Waals surface area contributed by atoms with Gasteiger partial charge in [0.05, 0.1) is 11.6 Å². The smallest absolute Gasteiger partial charge is 0.260 e. The molecule has 2 atom stereocenters. The monoisotopic (exact) mass is 278 g/mol. The molecule has 1 N–H and O–H groups in total. The number of nitrogens with zero attached hydrogens (tertiary/aromatic N) is 1. The fraction of sp³-hybridized carbons (Fsp3) is 0.467. The number of ether oxygens (including phenoxy) is 1. The minimum Gasteiger partial charge on any atom is -0.478 e. The molecule has 0 aromatic heterocycles. The zero-order chi connectivity index (χ0) is 15.1. The van der Waals surface area contributed by atoms with Crippen molar-refractivity contribution in [1.82, 2.24) is 5.32 Å². The molecule has 0 saturated heterocycles. The van der Waals surface area contributed by atoms with E-state index in [1.165, 1.54) is 12.1 Å². The van der Waals surface area contributed by atoms with Gasteiger partial charge in [-0.15, -0.1) is 0 Å². The average molecular weight is 278 g/mol. The molecule has 1 aromatic rings. The minimum atomic E-state index is -0.795. The summed E-state index contributed by atoms with van der Waals surface area (Å²) in [6.45, 7) is 5.51. The molecule has 0 fully saturated rings. The number of benzene rings is 1. The molecule has 5 heteroatoms. The largest absolute Gasteiger partial charge is 0.478 e. The first kappa shape index (κ1) is 16.0. The van der Waals surface area contributed by atoms with Crippen LogP contribution in [0.25, 0.3) is 0 Å². The minimum absolute atomic E-state index is 0.0326. The molecule has 0 aliphatic carbocycles. The summed E-state index contributed by atoms with van der Waals surface area (Å²) in [6.07, 6.45) is 1.06. The molecular weight excluding hydrogens is 259 g/mol. The number of nitrogens with one attached hydrogen (secondary N) is 1. The van der Waals surface area contributed by atoms with Crippen LogP contribution in [0.4, 0.5) is 4.39 Å². The summed E-state index contributed by atoms with van der Waals surface area (Å²) in [5, 5.41) is 11.5. The molecule has 0 aliphatic rings. The molecule has 0 radical (unpaired) electrons. The van der Waals surface area contributed by atoms with Gasteiger partial charge in [0, 0.05) is 6.04 Å². The van der Waals surface area contributed by atoms with Crippen molar-refractivity contribution in [2.75, 3.05) is 0 Å². The van der Waals surface area contributed by atoms with Gasteiger partial charge in [0.1, 0.15) is 0 Å². The number of hydrogen-bond donors (Lipinski definition) is 1. The highest BCUT2D eigenvalue weighted by molar-refractivity contribution is 5.80. The topological polar surface area (TPSA) is 62.1 Å². The number of nitriles is 1. The lowest BCUT2D eigenvalue weighted by Crippen LogP contribution is -2.41. The summed E-state index contributed by atoms with van der Waals surface area (Å²) < 4.78 is 18.9. The molecule has 20 heavy (non-hydrogen) atoms. The van der Waals surface area contributed by atoms with Crippen molar-refractivity contribution >= 4 is 5.91 Å². The first-order chi connectivity index (χ1) is 9.47. The van der Waals surface area contributed by atoms with Gasteiger partial charge in [-0.2, -0.15) is 5.26 Å². The molecule has 108 valence electrons. The van der Waals surface area contributed by atoms with E-state index in [2.05, 4.69) is 5.32 Å². The predicted octanol–water partition coefficient (Wildman–Crippen LogP) is 2.77. The van der Waals surface area contributed by atoms with Crippen LogP contribution in [0.3, 0.4) is 0 Å². The lowest BCUT2D eigenvalue weighted by molar-refractivity contribution is -0.128. The van der Waals surface area contributed by atoms with Gasteiger partial charge in [-0.05, 0) is 38.5 Å². The molecule has 1 amide bonds. The molecule has 0 aliphatic heterocycles. The van der Waals surface area contributed by atoms with E-state index < -0.39 is 11.9 Å². The van der Waals surface area contributed by atoms with E-state index in [1.54, 1.807) is 6.92 Å². The van der Waals surface area contributed by atoms with Crippen molar-refractivity contribution in [3.8, 4) is 11.8 Å². The van der Waals surface area contributed by atoms with Gasteiger partial charge >= 0.3 is 0 Å². The Hall–Kier alpha value is -2.09. The number of rotatable bonds is 6. The van der Waals surface area contributed by atoms with Crippen LogP contribution in [0.15, 0.2) is 18.2 Å². The van der Waals surface area contributed by atoms with E-state index in [9.17, 15) is 9.18 Å². The van der Waals surface area contributed by atoms with E-state index in [0.717, 1.165) is 18.9 Å². The number of carbonyl (C=O) groups is 1. The van der Waals surface area contributed by atoms with Crippen molar-refractivity contribution in [3.05, 3.63) is 29.6 Å². The second-order valence-corrected chi connectivity index (χ2v) is 4.72. The van der Waals surface area contributed by atoms with Crippen LogP contribution in [0.2, 0.25) is 0 Å². The molecule has 0 heterocycles. The van der Waals surface area contributed by atoms with Gasteiger partial charge in [0.2, 0.25) is 0 Å². The maximum absolute atomic E-state index is 13.6. The van der Waals surface area contributed by atoms with Crippen molar-refractivity contribution < 1.29 is 13.9 Å². The van der Waals surface area contributed by atoms with Crippen LogP contribution in [0.1, 0.15) is 39.2 Å². The molecule has 1 rings (SSSR count). The van der Waals surface area contributed by atoms with Crippen LogP contribution in [-0.4, -0.2) is 18.1 Å². The van der Waals surface area contributed by atoms with Gasteiger partial charge in [-0.1, -0.05) is 13.3 Å². The van der Waals surface area contributed by atoms with Crippen molar-refractivity contribution in [1.29, 1.82) is 5.26 Å². The molecule has 0 bridgehead atoms. The third-order valence-corrected chi connectivity index (χ3v) is 2.84. The SMILES string of the molecule is CCCC(C)NC(=O)C(C)Oc1ccc(C#N)cc1F. The number of carbonyl (C=O) groups excluding carboxylic acids is 1. The van der Waals surface area contributed by atoms with Gasteiger partial charge in [0.15, 0.2) is 17.7 Å². The van der Waals surface area contributed by atoms with E-state index in [0.29, 0.717) is 0 Å². The lowest BCUT2D eigenvalue weighted by atomic mass is 10.2. The molecule has 2 unspecified atom stereocenters. The summed E-state index contributed by atoms with van der Waals surface area (Å²) in [4.78, 5) is 11.9. The van der Waals surface area contributed by atoms with Crippen molar-refractivity contribution in [2.24, 2.45) is 0 Å². The Morgan fingerprint density at radius 1 is 1.50 bits per heavy atom. The van der Waals surface area contributed by atoms with Crippen LogP contribution >= 0.6 is 0 Å². The lowest BCUT2D eigenvalue weighted by Gasteiger charge is -2.18. The summed E-state index contributed by atoms with van der Waals surface area (Å²) in [6, 6.07) is 5.78. The van der Waals surface area contributed by atoms with E-state index in [1.807, 2.05) is 19.9 Å². The van der Waals surface area contributed by atoms with Crippen LogP contribution in [0.5, 0.6) is 5.75 Å². The molecule has 1 aromatic carbocycles. The second-order valence-electron chi connectivity index (χ2n) is 4.72. The van der Waals surface area contributed by atoms with Gasteiger partial charge in [0.25, 0.3) is 5.91 Å². The normalized spacial score (nSPS) is 13.2. The fourth-order valence-electron chi connectivity index (χ4n) is 1.78. The first-order valence-corrected chi connectivity index (χ1v) is 6.64. The molecule has 4 nitrogen and oxygen atoms in total. The van der Waals surface area contributed by atoms with E-state index in [-0.39, 0.29) is 23.3 Å². The maximum Gasteiger partial charge on any atom is 0.260 e. The summed E-state index contributed by atoms with van der Waals surface area (Å²) >= 11 is 0. The van der Waals surface area contributed by atoms with E-state index >= 15 is 0 Å². The summed E-state index contributed by atoms with van der Waals surface area (Å²) in [5.74, 6) is -0.963. The van der Waals surface area contributed by atoms with E-state index in [4.69, 9.17) is 10.00 Å². The molecular formula is C15H19FN2O2. The van der Waals surface area contributed by atoms with Crippen LogP contribution < -0.4 is 10.1 Å². The standard InChI is InChI=1S/C15H19FN2O2/c1-4-5-10(2)18-15(19)11(3)20-14-7-6-12(9-17)8-13(14)16/h6-8,10-11H,4-5H2,1-3H3,(H,18,19). The van der Waals surface area contributed by atoms with Crippen molar-refractivity contribution in [2.45, 2.75) is 45.8 Å². The average Bonchev–Trinajstić information content (AvgIpc) is 2.41. The highest BCUT2D eigenvalue weighted by Crippen LogP contribution is 2.19. The molecule has 0 saturated carbocycles. The zero-order valence-corrected chi connectivity index (χ0v) is 11.9. The third kappa shape index (κ3) is 4.54. The Morgan fingerprint density at radius 2 is 2.20 bits per heavy atom. The highest BCUT2D eigenvalue weighted by atomic mass is 19.1. The Labute approximate surface area is 118 Å². The maximum atomic E-state index is 13.6. The summed E-state index contributed by atoms with van der Waals surface area (Å²) in [5.41, 5.74) is 0.212. The zero-order valence-electron chi connectivity index (χ0n) is 11.9. The third-order valence-electron chi connectivity index (χ3n) is 2.84. The van der Waals surface area contributed by atoms with Gasteiger partial charge in [-0.25, -0.2) is 4.39 Å². The Bertz CT molecular complexity index is 511. The Kier molecular flexibility index (Phi) is 5.98. The van der Waals surface area contributed by atoms with Gasteiger partial charge < -0.3 is 10.1 Å². The number of halogens is 1.